The fourth-order valence-electron chi connectivity index (χ4n) is 2.75. The molecule has 0 saturated carbocycles. The molecule has 0 fully saturated rings. The maximum Gasteiger partial charge on any atom is 0.159 e. The number of nitrogens with zero attached hydrogens (tertiary/aromatic N) is 3. The van der Waals surface area contributed by atoms with Crippen LogP contribution in [0.5, 0.6) is 0 Å². The maximum atomic E-state index is 11.4. The first-order valence-corrected chi connectivity index (χ1v) is 9.43. The van der Waals surface area contributed by atoms with E-state index in [1.807, 2.05) is 42.5 Å². The zero-order valence-electron chi connectivity index (χ0n) is 15.1. The normalized spacial score (nSPS) is 10.8. The third-order valence-corrected chi connectivity index (χ3v) is 5.27. The molecule has 28 heavy (non-hydrogen) atoms. The molecule has 2 aromatic carbocycles. The van der Waals surface area contributed by atoms with Crippen molar-refractivity contribution in [1.82, 2.24) is 15.0 Å². The number of carbonyl (C=O) groups excluding carboxylic acids is 1. The molecule has 0 bridgehead atoms. The first-order chi connectivity index (χ1) is 13.6. The summed E-state index contributed by atoms with van der Waals surface area (Å²) in [5.41, 5.74) is 9.12. The molecule has 138 valence electrons. The Balaban J connectivity index is 1.62. The maximum absolute atomic E-state index is 11.4. The van der Waals surface area contributed by atoms with E-state index in [4.69, 9.17) is 5.73 Å². The van der Waals surface area contributed by atoms with Crippen molar-refractivity contribution >= 4 is 45.6 Å². The van der Waals surface area contributed by atoms with Crippen molar-refractivity contribution in [3.63, 3.8) is 0 Å². The Morgan fingerprint density at radius 3 is 2.57 bits per heavy atom. The summed E-state index contributed by atoms with van der Waals surface area (Å²) in [6.45, 7) is 1.54. The highest BCUT2D eigenvalue weighted by molar-refractivity contribution is 7.99. The Labute approximate surface area is 166 Å². The van der Waals surface area contributed by atoms with E-state index >= 15 is 0 Å². The lowest BCUT2D eigenvalue weighted by molar-refractivity contribution is 0.101. The molecular weight excluding hydrogens is 370 g/mol. The monoisotopic (exact) mass is 387 g/mol. The van der Waals surface area contributed by atoms with E-state index in [2.05, 4.69) is 20.3 Å². The summed E-state index contributed by atoms with van der Waals surface area (Å²) < 4.78 is 0. The smallest absolute Gasteiger partial charge is 0.159 e. The van der Waals surface area contributed by atoms with Crippen molar-refractivity contribution in [3.8, 4) is 0 Å². The molecule has 6 nitrogen and oxygen atoms in total. The molecule has 0 aliphatic heterocycles. The van der Waals surface area contributed by atoms with Crippen molar-refractivity contribution in [1.29, 1.82) is 0 Å². The van der Waals surface area contributed by atoms with Gasteiger partial charge in [-0.3, -0.25) is 9.78 Å². The molecule has 0 radical (unpaired) electrons. The Bertz CT molecular complexity index is 1160. The molecule has 0 aliphatic rings. The summed E-state index contributed by atoms with van der Waals surface area (Å²) in [7, 11) is 0. The Kier molecular flexibility index (Phi) is 4.90. The number of fused-ring (bicyclic) bond motifs is 1. The van der Waals surface area contributed by atoms with Gasteiger partial charge in [-0.25, -0.2) is 9.97 Å². The van der Waals surface area contributed by atoms with Gasteiger partial charge in [0.1, 0.15) is 17.0 Å². The van der Waals surface area contributed by atoms with Crippen molar-refractivity contribution in [2.75, 3.05) is 11.1 Å². The summed E-state index contributed by atoms with van der Waals surface area (Å²) in [4.78, 5) is 25.4. The van der Waals surface area contributed by atoms with Crippen LogP contribution in [0.25, 0.3) is 10.9 Å². The quantitative estimate of drug-likeness (QED) is 0.378. The van der Waals surface area contributed by atoms with Gasteiger partial charge in [0.2, 0.25) is 0 Å². The fourth-order valence-corrected chi connectivity index (χ4v) is 3.68. The van der Waals surface area contributed by atoms with Crippen LogP contribution in [0.15, 0.2) is 77.0 Å². The second-order valence-corrected chi connectivity index (χ2v) is 7.16. The molecule has 0 unspecified atom stereocenters. The number of nitrogens with two attached hydrogens (primary N) is 1. The molecule has 2 heterocycles. The van der Waals surface area contributed by atoms with Crippen LogP contribution in [0, 0.1) is 0 Å². The predicted octanol–water partition coefficient (Wildman–Crippen LogP) is 4.70. The summed E-state index contributed by atoms with van der Waals surface area (Å²) in [6, 6.07) is 17.1. The molecule has 0 saturated heterocycles. The number of para-hydroxylation sites is 1. The van der Waals surface area contributed by atoms with Gasteiger partial charge < -0.3 is 11.1 Å². The molecule has 0 spiro atoms. The fraction of sp³-hybridized carbons (Fsp3) is 0.0476. The van der Waals surface area contributed by atoms with Crippen LogP contribution in [0.2, 0.25) is 0 Å². The first kappa shape index (κ1) is 17.9. The number of benzene rings is 2. The molecule has 3 N–H and O–H groups in total. The molecular formula is C21H17N5OS. The summed E-state index contributed by atoms with van der Waals surface area (Å²) in [5, 5.41) is 4.89. The van der Waals surface area contributed by atoms with E-state index in [1.165, 1.54) is 25.0 Å². The summed E-state index contributed by atoms with van der Waals surface area (Å²) in [6.07, 6.45) is 3.25. The number of rotatable bonds is 5. The highest BCUT2D eigenvalue weighted by Crippen LogP contribution is 2.36. The van der Waals surface area contributed by atoms with Gasteiger partial charge in [0.15, 0.2) is 11.6 Å². The van der Waals surface area contributed by atoms with Gasteiger partial charge in [-0.15, -0.1) is 0 Å². The first-order valence-electron chi connectivity index (χ1n) is 8.62. The molecule has 7 heteroatoms. The molecule has 0 atom stereocenters. The zero-order valence-corrected chi connectivity index (χ0v) is 15.9. The standard InChI is InChI=1S/C21H17N5OS/c1-13(27)14-7-9-16(10-8-14)26-20-18(22)21(25-12-24-20)28-17-6-2-4-15-5-3-11-23-19(15)17/h2-12H,22H2,1H3,(H,24,25,26). The molecule has 4 rings (SSSR count). The van der Waals surface area contributed by atoms with E-state index in [-0.39, 0.29) is 5.78 Å². The average molecular weight is 387 g/mol. The second-order valence-electron chi connectivity index (χ2n) is 6.13. The van der Waals surface area contributed by atoms with Crippen LogP contribution in [0.4, 0.5) is 17.2 Å². The number of ketones is 1. The number of nitrogen functional groups attached to an aromatic ring is 1. The number of Topliss-reactive ketones (excluding diaryl/α,β-unsaturated/α-hetero) is 1. The van der Waals surface area contributed by atoms with Gasteiger partial charge in [-0.2, -0.15) is 0 Å². The van der Waals surface area contributed by atoms with E-state index in [0.717, 1.165) is 21.5 Å². The third-order valence-electron chi connectivity index (χ3n) is 4.20. The van der Waals surface area contributed by atoms with Gasteiger partial charge in [0, 0.05) is 27.7 Å². The van der Waals surface area contributed by atoms with E-state index in [0.29, 0.717) is 22.1 Å². The Morgan fingerprint density at radius 2 is 1.79 bits per heavy atom. The summed E-state index contributed by atoms with van der Waals surface area (Å²) in [5.74, 6) is 0.539. The van der Waals surface area contributed by atoms with Crippen molar-refractivity contribution in [2.45, 2.75) is 16.8 Å². The van der Waals surface area contributed by atoms with Crippen LogP contribution in [-0.4, -0.2) is 20.7 Å². The van der Waals surface area contributed by atoms with Gasteiger partial charge >= 0.3 is 0 Å². The van der Waals surface area contributed by atoms with Crippen LogP contribution in [0.3, 0.4) is 0 Å². The van der Waals surface area contributed by atoms with E-state index < -0.39 is 0 Å². The highest BCUT2D eigenvalue weighted by Gasteiger charge is 2.12. The lowest BCUT2D eigenvalue weighted by Crippen LogP contribution is -2.02. The van der Waals surface area contributed by atoms with Crippen molar-refractivity contribution in [3.05, 3.63) is 72.7 Å². The number of hydrogen-bond acceptors (Lipinski definition) is 7. The molecule has 0 amide bonds. The van der Waals surface area contributed by atoms with E-state index in [9.17, 15) is 4.79 Å². The lowest BCUT2D eigenvalue weighted by Gasteiger charge is -2.12. The number of anilines is 3. The number of pyridine rings is 1. The Morgan fingerprint density at radius 1 is 1.00 bits per heavy atom. The van der Waals surface area contributed by atoms with Crippen molar-refractivity contribution < 1.29 is 4.79 Å². The van der Waals surface area contributed by atoms with Gasteiger partial charge in [0.25, 0.3) is 0 Å². The van der Waals surface area contributed by atoms with Crippen LogP contribution < -0.4 is 11.1 Å². The van der Waals surface area contributed by atoms with Crippen LogP contribution >= 0.6 is 11.8 Å². The largest absolute Gasteiger partial charge is 0.394 e. The Hall–Kier alpha value is -3.45. The predicted molar refractivity (Wildman–Crippen MR) is 112 cm³/mol. The van der Waals surface area contributed by atoms with Crippen LogP contribution in [0.1, 0.15) is 17.3 Å². The number of aromatic nitrogens is 3. The van der Waals surface area contributed by atoms with E-state index in [1.54, 1.807) is 18.3 Å². The highest BCUT2D eigenvalue weighted by atomic mass is 32.2. The third kappa shape index (κ3) is 3.65. The molecule has 2 aromatic heterocycles. The molecule has 4 aromatic rings. The minimum atomic E-state index is 0.0236. The van der Waals surface area contributed by atoms with Crippen LogP contribution in [-0.2, 0) is 0 Å². The number of hydrogen-bond donors (Lipinski definition) is 2. The zero-order chi connectivity index (χ0) is 19.5. The lowest BCUT2D eigenvalue weighted by atomic mass is 10.1. The topological polar surface area (TPSA) is 93.8 Å². The average Bonchev–Trinajstić information content (AvgIpc) is 2.71. The molecule has 0 aliphatic carbocycles. The minimum Gasteiger partial charge on any atom is -0.394 e. The van der Waals surface area contributed by atoms with Gasteiger partial charge in [-0.05, 0) is 43.3 Å². The van der Waals surface area contributed by atoms with Crippen molar-refractivity contribution in [2.24, 2.45) is 0 Å². The van der Waals surface area contributed by atoms with Gasteiger partial charge in [-0.1, -0.05) is 30.0 Å². The number of nitrogens with one attached hydrogen (secondary N) is 1. The number of carbonyl (C=O) groups is 1. The van der Waals surface area contributed by atoms with Gasteiger partial charge in [0.05, 0.1) is 5.52 Å². The minimum absolute atomic E-state index is 0.0236. The second kappa shape index (κ2) is 7.66. The summed E-state index contributed by atoms with van der Waals surface area (Å²) >= 11 is 1.45. The SMILES string of the molecule is CC(=O)c1ccc(Nc2ncnc(Sc3cccc4cccnc34)c2N)cc1.